The van der Waals surface area contributed by atoms with Crippen molar-refractivity contribution in [2.45, 2.75) is 17.9 Å². The number of rotatable bonds is 2. The van der Waals surface area contributed by atoms with E-state index in [2.05, 4.69) is 4.90 Å². The van der Waals surface area contributed by atoms with Crippen molar-refractivity contribution in [2.75, 3.05) is 49.2 Å². The summed E-state index contributed by atoms with van der Waals surface area (Å²) in [5.74, 6) is 1.18. The van der Waals surface area contributed by atoms with Crippen LogP contribution in [0.4, 0.5) is 11.4 Å². The molecule has 0 spiro atoms. The monoisotopic (exact) mass is 307 g/mol. The molecule has 0 aromatic heterocycles. The van der Waals surface area contributed by atoms with Crippen LogP contribution in [0.25, 0.3) is 0 Å². The number of hydrogen-bond donors (Lipinski definition) is 1. The van der Waals surface area contributed by atoms with E-state index in [4.69, 9.17) is 10.5 Å². The highest BCUT2D eigenvalue weighted by Crippen LogP contribution is 2.37. The second-order valence-electron chi connectivity index (χ2n) is 5.38. The molecule has 2 aliphatic rings. The topological polar surface area (TPSA) is 58.8 Å². The Hall–Kier alpha value is -1.40. The number of nitrogen functional groups attached to an aromatic ring is 1. The standard InChI is InChI=1S/C15H21N3O2S/c1-11(15(19)17-4-7-20-8-5-17)18-6-9-21-14-3-2-12(16)10-13(14)18/h2-3,10-11H,4-9,16H2,1H3. The summed E-state index contributed by atoms with van der Waals surface area (Å²) in [6.07, 6.45) is 0. The first-order chi connectivity index (χ1) is 10.2. The minimum Gasteiger partial charge on any atom is -0.399 e. The second-order valence-corrected chi connectivity index (χ2v) is 6.52. The van der Waals surface area contributed by atoms with E-state index in [0.29, 0.717) is 26.3 Å². The Labute approximate surface area is 129 Å². The number of thioether (sulfide) groups is 1. The number of anilines is 2. The van der Waals surface area contributed by atoms with E-state index in [1.54, 1.807) is 0 Å². The Morgan fingerprint density at radius 3 is 2.86 bits per heavy atom. The molecule has 1 unspecified atom stereocenters. The number of ether oxygens (including phenoxy) is 1. The van der Waals surface area contributed by atoms with Crippen molar-refractivity contribution >= 4 is 29.0 Å². The molecule has 0 saturated carbocycles. The van der Waals surface area contributed by atoms with Gasteiger partial charge in [0.25, 0.3) is 0 Å². The van der Waals surface area contributed by atoms with Crippen LogP contribution >= 0.6 is 11.8 Å². The van der Waals surface area contributed by atoms with Gasteiger partial charge in [-0.3, -0.25) is 4.79 Å². The molecule has 2 heterocycles. The molecule has 114 valence electrons. The molecule has 2 N–H and O–H groups in total. The normalized spacial score (nSPS) is 20.0. The minimum atomic E-state index is -0.162. The summed E-state index contributed by atoms with van der Waals surface area (Å²) in [4.78, 5) is 18.0. The van der Waals surface area contributed by atoms with Crippen LogP contribution in [0.1, 0.15) is 6.92 Å². The lowest BCUT2D eigenvalue weighted by atomic mass is 10.1. The van der Waals surface area contributed by atoms with Crippen LogP contribution in [0, 0.1) is 0 Å². The third-order valence-corrected chi connectivity index (χ3v) is 5.07. The van der Waals surface area contributed by atoms with Crippen molar-refractivity contribution < 1.29 is 9.53 Å². The van der Waals surface area contributed by atoms with Crippen molar-refractivity contribution in [3.63, 3.8) is 0 Å². The highest BCUT2D eigenvalue weighted by atomic mass is 32.2. The number of nitrogens with two attached hydrogens (primary N) is 1. The summed E-state index contributed by atoms with van der Waals surface area (Å²) in [7, 11) is 0. The van der Waals surface area contributed by atoms with Crippen LogP contribution < -0.4 is 10.6 Å². The lowest BCUT2D eigenvalue weighted by molar-refractivity contribution is -0.136. The fraction of sp³-hybridized carbons (Fsp3) is 0.533. The van der Waals surface area contributed by atoms with Gasteiger partial charge in [0, 0.05) is 36.0 Å². The molecular formula is C15H21N3O2S. The van der Waals surface area contributed by atoms with Gasteiger partial charge >= 0.3 is 0 Å². The molecule has 21 heavy (non-hydrogen) atoms. The number of morpholine rings is 1. The maximum Gasteiger partial charge on any atom is 0.245 e. The van der Waals surface area contributed by atoms with Gasteiger partial charge in [0.2, 0.25) is 5.91 Å². The number of carbonyl (C=O) groups excluding carboxylic acids is 1. The molecule has 1 atom stereocenters. The van der Waals surface area contributed by atoms with E-state index < -0.39 is 0 Å². The van der Waals surface area contributed by atoms with Crippen LogP contribution in [-0.2, 0) is 9.53 Å². The molecule has 0 radical (unpaired) electrons. The van der Waals surface area contributed by atoms with E-state index in [1.165, 1.54) is 4.90 Å². The van der Waals surface area contributed by atoms with Gasteiger partial charge in [0.05, 0.1) is 18.9 Å². The van der Waals surface area contributed by atoms with Crippen molar-refractivity contribution in [2.24, 2.45) is 0 Å². The van der Waals surface area contributed by atoms with E-state index in [-0.39, 0.29) is 11.9 Å². The highest BCUT2D eigenvalue weighted by Gasteiger charge is 2.30. The summed E-state index contributed by atoms with van der Waals surface area (Å²) in [5, 5.41) is 0. The zero-order chi connectivity index (χ0) is 14.8. The lowest BCUT2D eigenvalue weighted by Crippen LogP contribution is -2.52. The molecule has 0 bridgehead atoms. The summed E-state index contributed by atoms with van der Waals surface area (Å²) in [6.45, 7) is 5.51. The van der Waals surface area contributed by atoms with E-state index in [1.807, 2.05) is 41.8 Å². The maximum atomic E-state index is 12.7. The third-order valence-electron chi connectivity index (χ3n) is 4.03. The molecule has 1 aromatic rings. The van der Waals surface area contributed by atoms with Crippen molar-refractivity contribution in [1.82, 2.24) is 4.90 Å². The van der Waals surface area contributed by atoms with Gasteiger partial charge in [-0.05, 0) is 25.1 Å². The average molecular weight is 307 g/mol. The number of hydrogen-bond acceptors (Lipinski definition) is 5. The highest BCUT2D eigenvalue weighted by molar-refractivity contribution is 7.99. The fourth-order valence-corrected chi connectivity index (χ4v) is 3.84. The predicted molar refractivity (Wildman–Crippen MR) is 85.8 cm³/mol. The van der Waals surface area contributed by atoms with Gasteiger partial charge in [-0.15, -0.1) is 11.8 Å². The number of carbonyl (C=O) groups is 1. The summed E-state index contributed by atoms with van der Waals surface area (Å²) in [5.41, 5.74) is 7.74. The van der Waals surface area contributed by atoms with Crippen LogP contribution in [0.5, 0.6) is 0 Å². The Bertz CT molecular complexity index is 532. The lowest BCUT2D eigenvalue weighted by Gasteiger charge is -2.38. The zero-order valence-corrected chi connectivity index (χ0v) is 13.1. The Balaban J connectivity index is 1.80. The molecule has 1 aromatic carbocycles. The van der Waals surface area contributed by atoms with E-state index >= 15 is 0 Å². The van der Waals surface area contributed by atoms with Crippen molar-refractivity contribution in [1.29, 1.82) is 0 Å². The zero-order valence-electron chi connectivity index (χ0n) is 12.2. The van der Waals surface area contributed by atoms with Gasteiger partial charge in [-0.25, -0.2) is 0 Å². The Morgan fingerprint density at radius 2 is 2.10 bits per heavy atom. The van der Waals surface area contributed by atoms with E-state index in [0.717, 1.165) is 23.7 Å². The molecular weight excluding hydrogens is 286 g/mol. The first-order valence-electron chi connectivity index (χ1n) is 7.32. The summed E-state index contributed by atoms with van der Waals surface area (Å²) >= 11 is 1.82. The number of benzene rings is 1. The molecule has 1 amide bonds. The number of fused-ring (bicyclic) bond motifs is 1. The van der Waals surface area contributed by atoms with Crippen LogP contribution in [0.3, 0.4) is 0 Å². The number of nitrogens with zero attached hydrogens (tertiary/aromatic N) is 2. The molecule has 6 heteroatoms. The van der Waals surface area contributed by atoms with Gasteiger partial charge in [-0.1, -0.05) is 0 Å². The van der Waals surface area contributed by atoms with E-state index in [9.17, 15) is 4.79 Å². The quantitative estimate of drug-likeness (QED) is 0.838. The Morgan fingerprint density at radius 1 is 1.33 bits per heavy atom. The summed E-state index contributed by atoms with van der Waals surface area (Å²) < 4.78 is 5.32. The molecule has 1 fully saturated rings. The van der Waals surface area contributed by atoms with Crippen molar-refractivity contribution in [3.05, 3.63) is 18.2 Å². The largest absolute Gasteiger partial charge is 0.399 e. The van der Waals surface area contributed by atoms with Crippen LogP contribution in [0.2, 0.25) is 0 Å². The molecule has 1 saturated heterocycles. The molecule has 3 rings (SSSR count). The molecule has 0 aliphatic carbocycles. The SMILES string of the molecule is CC(C(=O)N1CCOCC1)N1CCSc2ccc(N)cc21. The molecule has 2 aliphatic heterocycles. The smallest absolute Gasteiger partial charge is 0.245 e. The first kappa shape index (κ1) is 14.5. The second kappa shape index (κ2) is 6.15. The summed E-state index contributed by atoms with van der Waals surface area (Å²) in [6, 6.07) is 5.78. The van der Waals surface area contributed by atoms with Crippen LogP contribution in [-0.4, -0.2) is 55.4 Å². The average Bonchev–Trinajstić information content (AvgIpc) is 2.53. The van der Waals surface area contributed by atoms with Gasteiger partial charge in [0.1, 0.15) is 6.04 Å². The minimum absolute atomic E-state index is 0.162. The van der Waals surface area contributed by atoms with Gasteiger partial charge < -0.3 is 20.3 Å². The first-order valence-corrected chi connectivity index (χ1v) is 8.31. The molecule has 5 nitrogen and oxygen atoms in total. The third kappa shape index (κ3) is 2.96. The number of amides is 1. The van der Waals surface area contributed by atoms with Crippen LogP contribution in [0.15, 0.2) is 23.1 Å². The predicted octanol–water partition coefficient (Wildman–Crippen LogP) is 1.43. The maximum absolute atomic E-state index is 12.7. The van der Waals surface area contributed by atoms with Crippen molar-refractivity contribution in [3.8, 4) is 0 Å². The fourth-order valence-electron chi connectivity index (χ4n) is 2.84. The van der Waals surface area contributed by atoms with Gasteiger partial charge in [-0.2, -0.15) is 0 Å². The Kier molecular flexibility index (Phi) is 4.26. The van der Waals surface area contributed by atoms with Gasteiger partial charge in [0.15, 0.2) is 0 Å².